The van der Waals surface area contributed by atoms with E-state index in [1.165, 1.54) is 37.1 Å². The highest BCUT2D eigenvalue weighted by Crippen LogP contribution is 2.25. The van der Waals surface area contributed by atoms with Crippen LogP contribution in [0, 0.1) is 5.92 Å². The summed E-state index contributed by atoms with van der Waals surface area (Å²) in [5.41, 5.74) is 2.57. The number of hydrogen-bond donors (Lipinski definition) is 0. The van der Waals surface area contributed by atoms with Gasteiger partial charge < -0.3 is 4.90 Å². The normalized spacial score (nSPS) is 10.8. The van der Waals surface area contributed by atoms with Crippen LogP contribution in [0.1, 0.15) is 39.5 Å². The zero-order valence-corrected chi connectivity index (χ0v) is 13.3. The first-order valence-corrected chi connectivity index (χ1v) is 8.15. The van der Waals surface area contributed by atoms with Gasteiger partial charge in [-0.15, -0.1) is 0 Å². The lowest BCUT2D eigenvalue weighted by Gasteiger charge is -2.25. The molecular weight excluding hydrogens is 254 g/mol. The summed E-state index contributed by atoms with van der Waals surface area (Å²) in [6.07, 6.45) is 5.25. The van der Waals surface area contributed by atoms with Crippen molar-refractivity contribution in [3.05, 3.63) is 60.7 Å². The first-order chi connectivity index (χ1) is 10.3. The molecule has 2 aromatic rings. The number of anilines is 2. The lowest BCUT2D eigenvalue weighted by atomic mass is 10.1. The minimum absolute atomic E-state index is 0.823. The summed E-state index contributed by atoms with van der Waals surface area (Å²) in [7, 11) is 0. The molecule has 1 heteroatoms. The molecule has 0 N–H and O–H groups in total. The fraction of sp³-hybridized carbons (Fsp3) is 0.400. The van der Waals surface area contributed by atoms with Crippen molar-refractivity contribution in [2.24, 2.45) is 5.92 Å². The second kappa shape index (κ2) is 8.51. The Labute approximate surface area is 129 Å². The van der Waals surface area contributed by atoms with E-state index in [1.54, 1.807) is 0 Å². The third-order valence-electron chi connectivity index (χ3n) is 3.80. The van der Waals surface area contributed by atoms with E-state index in [-0.39, 0.29) is 0 Å². The highest BCUT2D eigenvalue weighted by atomic mass is 15.1. The Kier molecular flexibility index (Phi) is 6.33. The van der Waals surface area contributed by atoms with Crippen molar-refractivity contribution >= 4 is 11.4 Å². The van der Waals surface area contributed by atoms with Gasteiger partial charge >= 0.3 is 0 Å². The second-order valence-corrected chi connectivity index (χ2v) is 6.07. The molecule has 0 radical (unpaired) electrons. The zero-order valence-electron chi connectivity index (χ0n) is 13.3. The van der Waals surface area contributed by atoms with Gasteiger partial charge in [0.25, 0.3) is 0 Å². The van der Waals surface area contributed by atoms with E-state index in [2.05, 4.69) is 79.4 Å². The zero-order chi connectivity index (χ0) is 14.9. The van der Waals surface area contributed by atoms with E-state index in [4.69, 9.17) is 0 Å². The predicted octanol–water partition coefficient (Wildman–Crippen LogP) is 6.04. The quantitative estimate of drug-likeness (QED) is 0.533. The van der Waals surface area contributed by atoms with Crippen LogP contribution in [0.2, 0.25) is 0 Å². The van der Waals surface area contributed by atoms with Crippen LogP contribution in [0.4, 0.5) is 11.4 Å². The second-order valence-electron chi connectivity index (χ2n) is 6.07. The van der Waals surface area contributed by atoms with Crippen molar-refractivity contribution < 1.29 is 0 Å². The Morgan fingerprint density at radius 3 is 1.71 bits per heavy atom. The average Bonchev–Trinajstić information content (AvgIpc) is 2.52. The molecule has 0 unspecified atom stereocenters. The minimum atomic E-state index is 0.823. The Balaban J connectivity index is 1.97. The maximum atomic E-state index is 2.43. The Hall–Kier alpha value is -1.76. The fourth-order valence-corrected chi connectivity index (χ4v) is 2.62. The molecule has 0 aliphatic carbocycles. The van der Waals surface area contributed by atoms with Crippen molar-refractivity contribution in [2.45, 2.75) is 39.5 Å². The standard InChI is InChI=1S/C20H27N/c1-18(2)12-6-5-11-17-21(19-13-7-3-8-14-19)20-15-9-4-10-16-20/h3-4,7-10,13-16,18H,5-6,11-12,17H2,1-2H3. The monoisotopic (exact) mass is 281 g/mol. The van der Waals surface area contributed by atoms with Gasteiger partial charge in [-0.3, -0.25) is 0 Å². The van der Waals surface area contributed by atoms with E-state index in [1.807, 2.05) is 0 Å². The van der Waals surface area contributed by atoms with Crippen LogP contribution >= 0.6 is 0 Å². The van der Waals surface area contributed by atoms with Gasteiger partial charge in [0.1, 0.15) is 0 Å². The van der Waals surface area contributed by atoms with Gasteiger partial charge in [-0.1, -0.05) is 69.5 Å². The largest absolute Gasteiger partial charge is 0.341 e. The highest BCUT2D eigenvalue weighted by Gasteiger charge is 2.08. The van der Waals surface area contributed by atoms with Crippen LogP contribution < -0.4 is 4.90 Å². The van der Waals surface area contributed by atoms with Crippen LogP contribution in [-0.2, 0) is 0 Å². The third-order valence-corrected chi connectivity index (χ3v) is 3.80. The third kappa shape index (κ3) is 5.26. The molecule has 0 aliphatic heterocycles. The van der Waals surface area contributed by atoms with Gasteiger partial charge in [-0.2, -0.15) is 0 Å². The maximum absolute atomic E-state index is 2.43. The maximum Gasteiger partial charge on any atom is 0.0410 e. The van der Waals surface area contributed by atoms with Crippen molar-refractivity contribution in [1.29, 1.82) is 0 Å². The average molecular weight is 281 g/mol. The van der Waals surface area contributed by atoms with Gasteiger partial charge in [0, 0.05) is 17.9 Å². The molecule has 0 saturated heterocycles. The van der Waals surface area contributed by atoms with E-state index in [9.17, 15) is 0 Å². The fourth-order valence-electron chi connectivity index (χ4n) is 2.62. The molecule has 0 heterocycles. The number of unbranched alkanes of at least 4 members (excludes halogenated alkanes) is 2. The van der Waals surface area contributed by atoms with Crippen molar-refractivity contribution in [3.8, 4) is 0 Å². The van der Waals surface area contributed by atoms with Gasteiger partial charge in [-0.05, 0) is 36.6 Å². The van der Waals surface area contributed by atoms with Gasteiger partial charge in [0.15, 0.2) is 0 Å². The summed E-state index contributed by atoms with van der Waals surface area (Å²) in [6.45, 7) is 5.70. The van der Waals surface area contributed by atoms with Crippen LogP contribution in [-0.4, -0.2) is 6.54 Å². The molecule has 0 amide bonds. The van der Waals surface area contributed by atoms with Crippen molar-refractivity contribution in [3.63, 3.8) is 0 Å². The Morgan fingerprint density at radius 2 is 1.24 bits per heavy atom. The van der Waals surface area contributed by atoms with Gasteiger partial charge in [0.2, 0.25) is 0 Å². The topological polar surface area (TPSA) is 3.24 Å². The van der Waals surface area contributed by atoms with Crippen LogP contribution in [0.15, 0.2) is 60.7 Å². The number of nitrogens with zero attached hydrogens (tertiary/aromatic N) is 1. The molecule has 112 valence electrons. The molecule has 0 bridgehead atoms. The van der Waals surface area contributed by atoms with Crippen LogP contribution in [0.25, 0.3) is 0 Å². The Bertz CT molecular complexity index is 450. The van der Waals surface area contributed by atoms with Crippen LogP contribution in [0.3, 0.4) is 0 Å². The lowest BCUT2D eigenvalue weighted by molar-refractivity contribution is 0.528. The first kappa shape index (κ1) is 15.6. The molecule has 0 fully saturated rings. The highest BCUT2D eigenvalue weighted by molar-refractivity contribution is 5.62. The summed E-state index contributed by atoms with van der Waals surface area (Å²) in [6, 6.07) is 21.4. The van der Waals surface area contributed by atoms with Gasteiger partial charge in [0.05, 0.1) is 0 Å². The summed E-state index contributed by atoms with van der Waals surface area (Å²) < 4.78 is 0. The van der Waals surface area contributed by atoms with Crippen LogP contribution in [0.5, 0.6) is 0 Å². The minimum Gasteiger partial charge on any atom is -0.341 e. The smallest absolute Gasteiger partial charge is 0.0410 e. The molecule has 1 nitrogen and oxygen atoms in total. The number of hydrogen-bond acceptors (Lipinski definition) is 1. The van der Waals surface area contributed by atoms with Crippen molar-refractivity contribution in [2.75, 3.05) is 11.4 Å². The van der Waals surface area contributed by atoms with E-state index >= 15 is 0 Å². The molecular formula is C20H27N. The molecule has 2 aromatic carbocycles. The van der Waals surface area contributed by atoms with Gasteiger partial charge in [-0.25, -0.2) is 0 Å². The molecule has 0 atom stereocenters. The molecule has 2 rings (SSSR count). The van der Waals surface area contributed by atoms with E-state index in [0.717, 1.165) is 12.5 Å². The molecule has 21 heavy (non-hydrogen) atoms. The first-order valence-electron chi connectivity index (χ1n) is 8.15. The predicted molar refractivity (Wildman–Crippen MR) is 93.2 cm³/mol. The van der Waals surface area contributed by atoms with Crippen molar-refractivity contribution in [1.82, 2.24) is 0 Å². The molecule has 0 aromatic heterocycles. The SMILES string of the molecule is CC(C)CCCCCN(c1ccccc1)c1ccccc1. The summed E-state index contributed by atoms with van der Waals surface area (Å²) in [4.78, 5) is 2.43. The summed E-state index contributed by atoms with van der Waals surface area (Å²) in [5, 5.41) is 0. The summed E-state index contributed by atoms with van der Waals surface area (Å²) >= 11 is 0. The number of rotatable bonds is 8. The molecule has 0 saturated carbocycles. The number of para-hydroxylation sites is 2. The number of benzene rings is 2. The Morgan fingerprint density at radius 1 is 0.714 bits per heavy atom. The lowest BCUT2D eigenvalue weighted by Crippen LogP contribution is -2.18. The summed E-state index contributed by atoms with van der Waals surface area (Å²) in [5.74, 6) is 0.823. The molecule has 0 spiro atoms. The van der Waals surface area contributed by atoms with E-state index < -0.39 is 0 Å². The molecule has 0 aliphatic rings. The van der Waals surface area contributed by atoms with E-state index in [0.29, 0.717) is 0 Å².